The molecule has 0 saturated carbocycles. The van der Waals surface area contributed by atoms with Crippen molar-refractivity contribution in [2.75, 3.05) is 13.1 Å². The van der Waals surface area contributed by atoms with Crippen molar-refractivity contribution < 1.29 is 19.0 Å². The molecule has 4 heterocycles. The number of piperidine rings is 1. The summed E-state index contributed by atoms with van der Waals surface area (Å²) in [5, 5.41) is 23.0. The molecular weight excluding hydrogens is 565 g/mol. The van der Waals surface area contributed by atoms with Crippen molar-refractivity contribution in [2.24, 2.45) is 0 Å². The van der Waals surface area contributed by atoms with Gasteiger partial charge in [-0.05, 0) is 50.1 Å². The quantitative estimate of drug-likeness (QED) is 0.230. The number of carbonyl (C=O) groups is 1. The van der Waals surface area contributed by atoms with E-state index < -0.39 is 11.8 Å². The zero-order chi connectivity index (χ0) is 29.9. The molecule has 0 unspecified atom stereocenters. The van der Waals surface area contributed by atoms with Crippen LogP contribution < -0.4 is 10.9 Å². The number of nitrogens with zero attached hydrogens (tertiary/aromatic N) is 8. The van der Waals surface area contributed by atoms with Crippen LogP contribution in [0.1, 0.15) is 58.8 Å². The molecule has 0 atom stereocenters. The molecule has 1 aliphatic heterocycles. The molecule has 13 heteroatoms. The van der Waals surface area contributed by atoms with E-state index in [0.29, 0.717) is 24.4 Å². The Bertz CT molecular complexity index is 1810. The molecule has 5 aromatic rings. The highest BCUT2D eigenvalue weighted by Gasteiger charge is 2.24. The van der Waals surface area contributed by atoms with E-state index in [4.69, 9.17) is 15.0 Å². The average molecular weight is 600 g/mol. The van der Waals surface area contributed by atoms with Gasteiger partial charge in [0, 0.05) is 31.4 Å². The lowest BCUT2D eigenvalue weighted by Crippen LogP contribution is -2.35. The van der Waals surface area contributed by atoms with Gasteiger partial charge in [-0.3, -0.25) is 9.58 Å². The van der Waals surface area contributed by atoms with Crippen molar-refractivity contribution >= 4 is 17.0 Å². The maximum atomic E-state index is 14.2. The number of aromatic carboxylic acids is 1. The summed E-state index contributed by atoms with van der Waals surface area (Å²) in [5.41, 5.74) is 3.47. The molecule has 0 spiro atoms. The second kappa shape index (κ2) is 13.1. The number of benzene rings is 2. The van der Waals surface area contributed by atoms with E-state index in [2.05, 4.69) is 31.0 Å². The van der Waals surface area contributed by atoms with Gasteiger partial charge in [-0.1, -0.05) is 6.07 Å². The molecule has 6 rings (SSSR count). The fourth-order valence-electron chi connectivity index (χ4n) is 5.56. The normalized spacial score (nSPS) is 13.9. The van der Waals surface area contributed by atoms with Crippen LogP contribution in [0.4, 0.5) is 4.39 Å². The fourth-order valence-corrected chi connectivity index (χ4v) is 5.56. The molecule has 0 aliphatic carbocycles. The smallest absolute Gasteiger partial charge is 0.335 e. The van der Waals surface area contributed by atoms with Gasteiger partial charge in [0.1, 0.15) is 18.2 Å². The molecule has 0 radical (unpaired) electrons. The molecule has 44 heavy (non-hydrogen) atoms. The van der Waals surface area contributed by atoms with Crippen molar-refractivity contribution in [3.8, 4) is 11.8 Å². The number of carboxylic acid groups (broad SMARTS) is 1. The minimum absolute atomic E-state index is 0. The van der Waals surface area contributed by atoms with Crippen molar-refractivity contribution in [1.82, 2.24) is 39.9 Å². The maximum absolute atomic E-state index is 14.2. The number of nitriles is 1. The van der Waals surface area contributed by atoms with Gasteiger partial charge >= 0.3 is 5.97 Å². The lowest BCUT2D eigenvalue weighted by molar-refractivity contribution is 0.0697. The first-order valence-electron chi connectivity index (χ1n) is 14.2. The molecule has 1 saturated heterocycles. The number of imidazole rings is 2. The molecule has 1 aliphatic rings. The van der Waals surface area contributed by atoms with E-state index in [0.717, 1.165) is 55.0 Å². The summed E-state index contributed by atoms with van der Waals surface area (Å²) in [7, 11) is 0. The van der Waals surface area contributed by atoms with Crippen LogP contribution >= 0.6 is 0 Å². The van der Waals surface area contributed by atoms with Gasteiger partial charge in [0.2, 0.25) is 0 Å². The van der Waals surface area contributed by atoms with E-state index in [-0.39, 0.29) is 29.9 Å². The van der Waals surface area contributed by atoms with Gasteiger partial charge in [0.05, 0.1) is 71.8 Å². The molecule has 0 amide bonds. The van der Waals surface area contributed by atoms with E-state index in [1.165, 1.54) is 6.07 Å². The highest BCUT2D eigenvalue weighted by molar-refractivity contribution is 5.92. The third-order valence-electron chi connectivity index (χ3n) is 7.98. The second-order valence-corrected chi connectivity index (χ2v) is 10.7. The number of aryl methyl sites for hydroxylation is 1. The Kier molecular flexibility index (Phi) is 9.03. The van der Waals surface area contributed by atoms with Crippen molar-refractivity contribution in [2.45, 2.75) is 52.0 Å². The Hall–Kier alpha value is -5.06. The summed E-state index contributed by atoms with van der Waals surface area (Å²) in [6.07, 6.45) is 8.91. The summed E-state index contributed by atoms with van der Waals surface area (Å²) in [6.45, 7) is 5.76. The Balaban J connectivity index is 0.00000384. The highest BCUT2D eigenvalue weighted by atomic mass is 19.1. The Labute approximate surface area is 253 Å². The molecule has 3 aromatic heterocycles. The van der Waals surface area contributed by atoms with Crippen molar-refractivity contribution in [3.05, 3.63) is 95.3 Å². The van der Waals surface area contributed by atoms with E-state index >= 15 is 0 Å². The number of halogens is 1. The van der Waals surface area contributed by atoms with Crippen molar-refractivity contribution in [1.29, 1.82) is 5.26 Å². The van der Waals surface area contributed by atoms with Crippen LogP contribution in [0.5, 0.6) is 5.75 Å². The zero-order valence-electron chi connectivity index (χ0n) is 24.4. The first-order chi connectivity index (χ1) is 20.9. The summed E-state index contributed by atoms with van der Waals surface area (Å²) in [6, 6.07) is 11.5. The number of hydrogen-bond donors (Lipinski definition) is 2. The van der Waals surface area contributed by atoms with Gasteiger partial charge in [-0.25, -0.2) is 19.2 Å². The number of rotatable bonds is 10. The summed E-state index contributed by atoms with van der Waals surface area (Å²) in [4.78, 5) is 23.3. The number of aromatic nitrogens is 6. The fraction of sp³-hybridized carbons (Fsp3) is 0.323. The molecule has 4 N–H and O–H groups in total. The number of likely N-dealkylation sites (tertiary alicyclic amines) is 1. The van der Waals surface area contributed by atoms with E-state index in [1.807, 2.05) is 23.1 Å². The Morgan fingerprint density at radius 3 is 2.70 bits per heavy atom. The largest absolute Gasteiger partial charge is 0.486 e. The standard InChI is InChI=1S/C31H31FN8O3.H3N/c1-2-38-20-34-14-25(38)16-39-29-12-22(31(41)42)5-6-28(29)36-30(39)18-37-9-7-24(8-10-37)40-17-26(15-35-40)43-19-23-4-3-21(13-33)11-27(23)32;/h3-6,11-12,14-15,17,20,24H,2,7-10,16,18-19H2,1H3,(H,41,42);1H3. The lowest BCUT2D eigenvalue weighted by Gasteiger charge is -2.31. The van der Waals surface area contributed by atoms with Crippen LogP contribution in [0.15, 0.2) is 61.3 Å². The molecule has 1 fully saturated rings. The zero-order valence-corrected chi connectivity index (χ0v) is 24.4. The third-order valence-corrected chi connectivity index (χ3v) is 7.98. The van der Waals surface area contributed by atoms with Crippen LogP contribution in [0.2, 0.25) is 0 Å². The predicted molar refractivity (Wildman–Crippen MR) is 160 cm³/mol. The van der Waals surface area contributed by atoms with Gasteiger partial charge in [-0.15, -0.1) is 0 Å². The van der Waals surface area contributed by atoms with E-state index in [1.54, 1.807) is 42.9 Å². The molecule has 12 nitrogen and oxygen atoms in total. The number of ether oxygens (including phenoxy) is 1. The second-order valence-electron chi connectivity index (χ2n) is 10.7. The monoisotopic (exact) mass is 599 g/mol. The van der Waals surface area contributed by atoms with Gasteiger partial charge < -0.3 is 25.1 Å². The SMILES string of the molecule is CCn1cncc1Cn1c(CN2CCC(n3cc(OCc4ccc(C#N)cc4F)cn3)CC2)nc2ccc(C(=O)O)cc21.N. The molecular formula is C31H34FN9O3. The molecule has 2 aromatic carbocycles. The summed E-state index contributed by atoms with van der Waals surface area (Å²) >= 11 is 0. The highest BCUT2D eigenvalue weighted by Crippen LogP contribution is 2.27. The summed E-state index contributed by atoms with van der Waals surface area (Å²) < 4.78 is 26.1. The topological polar surface area (TPSA) is 162 Å². The minimum Gasteiger partial charge on any atom is -0.486 e. The molecule has 0 bridgehead atoms. The number of hydrogen-bond acceptors (Lipinski definition) is 8. The average Bonchev–Trinajstić information content (AvgIpc) is 3.76. The lowest BCUT2D eigenvalue weighted by atomic mass is 10.1. The predicted octanol–water partition coefficient (Wildman–Crippen LogP) is 4.78. The Morgan fingerprint density at radius 2 is 1.98 bits per heavy atom. The van der Waals surface area contributed by atoms with Gasteiger partial charge in [-0.2, -0.15) is 10.4 Å². The third kappa shape index (κ3) is 6.31. The van der Waals surface area contributed by atoms with Crippen LogP contribution in [0.25, 0.3) is 11.0 Å². The van der Waals surface area contributed by atoms with Gasteiger partial charge in [0.25, 0.3) is 0 Å². The maximum Gasteiger partial charge on any atom is 0.335 e. The molecule has 228 valence electrons. The minimum atomic E-state index is -0.967. The van der Waals surface area contributed by atoms with Crippen LogP contribution in [-0.2, 0) is 26.2 Å². The van der Waals surface area contributed by atoms with Crippen LogP contribution in [-0.4, -0.2) is 57.9 Å². The number of fused-ring (bicyclic) bond motifs is 1. The van der Waals surface area contributed by atoms with Crippen LogP contribution in [0.3, 0.4) is 0 Å². The first-order valence-corrected chi connectivity index (χ1v) is 14.2. The Morgan fingerprint density at radius 1 is 1.16 bits per heavy atom. The summed E-state index contributed by atoms with van der Waals surface area (Å²) in [5.74, 6) is 0.00717. The number of carboxylic acids is 1. The van der Waals surface area contributed by atoms with Crippen molar-refractivity contribution in [3.63, 3.8) is 0 Å². The van der Waals surface area contributed by atoms with Gasteiger partial charge in [0.15, 0.2) is 5.75 Å². The van der Waals surface area contributed by atoms with E-state index in [9.17, 15) is 14.3 Å². The first kappa shape index (κ1) is 30.4. The van der Waals surface area contributed by atoms with Crippen LogP contribution in [0, 0.1) is 17.1 Å².